The molecule has 0 bridgehead atoms. The third kappa shape index (κ3) is 2.81. The number of carbonyl (C=O) groups excluding carboxylic acids is 1. The Morgan fingerprint density at radius 2 is 2.12 bits per heavy atom. The van der Waals surface area contributed by atoms with E-state index >= 15 is 0 Å². The second-order valence-electron chi connectivity index (χ2n) is 4.01. The lowest BCUT2D eigenvalue weighted by molar-refractivity contribution is -0.198. The van der Waals surface area contributed by atoms with Gasteiger partial charge in [0.05, 0.1) is 6.54 Å². The van der Waals surface area contributed by atoms with E-state index in [0.29, 0.717) is 19.6 Å². The van der Waals surface area contributed by atoms with Gasteiger partial charge in [-0.2, -0.15) is 0 Å². The molecule has 1 unspecified atom stereocenters. The minimum atomic E-state index is 0.0256. The number of carbonyl (C=O) groups is 1. The summed E-state index contributed by atoms with van der Waals surface area (Å²) < 4.78 is 0. The number of hydrogen-bond acceptors (Lipinski definition) is 3. The second-order valence-corrected chi connectivity index (χ2v) is 4.01. The molecule has 1 amide bonds. The van der Waals surface area contributed by atoms with Crippen molar-refractivity contribution in [1.82, 2.24) is 5.06 Å². The van der Waals surface area contributed by atoms with Crippen LogP contribution in [0.5, 0.6) is 0 Å². The maximum Gasteiger partial charge on any atom is 0.246 e. The zero-order valence-electron chi connectivity index (χ0n) is 9.13. The molecule has 16 heavy (non-hydrogen) atoms. The Kier molecular flexibility index (Phi) is 3.54. The van der Waals surface area contributed by atoms with Gasteiger partial charge in [-0.05, 0) is 12.0 Å². The van der Waals surface area contributed by atoms with Crippen LogP contribution in [0.25, 0.3) is 0 Å². The van der Waals surface area contributed by atoms with E-state index in [9.17, 15) is 4.79 Å². The Labute approximate surface area is 94.9 Å². The number of piperidine rings is 1. The van der Waals surface area contributed by atoms with E-state index in [-0.39, 0.29) is 11.9 Å². The summed E-state index contributed by atoms with van der Waals surface area (Å²) in [4.78, 5) is 17.0. The van der Waals surface area contributed by atoms with Crippen molar-refractivity contribution < 1.29 is 9.63 Å². The highest BCUT2D eigenvalue weighted by Gasteiger charge is 2.23. The molecular weight excluding hydrogens is 204 g/mol. The van der Waals surface area contributed by atoms with E-state index in [1.165, 1.54) is 5.06 Å². The van der Waals surface area contributed by atoms with Crippen LogP contribution in [0.3, 0.4) is 0 Å². The zero-order chi connectivity index (χ0) is 11.4. The molecule has 0 saturated carbocycles. The first kappa shape index (κ1) is 11.1. The second kappa shape index (κ2) is 5.09. The average molecular weight is 220 g/mol. The summed E-state index contributed by atoms with van der Waals surface area (Å²) in [6, 6.07) is 9.81. The third-order valence-electron chi connectivity index (χ3n) is 2.64. The molecule has 1 saturated heterocycles. The molecule has 1 aliphatic rings. The molecule has 1 aromatic carbocycles. The number of rotatable bonds is 3. The maximum absolute atomic E-state index is 11.5. The summed E-state index contributed by atoms with van der Waals surface area (Å²) in [5, 5.41) is 1.39. The molecule has 4 nitrogen and oxygen atoms in total. The SMILES string of the molecule is NC1CCC(=O)N(OCc2ccccc2)C1. The van der Waals surface area contributed by atoms with Gasteiger partial charge in [0, 0.05) is 12.5 Å². The fourth-order valence-electron chi connectivity index (χ4n) is 1.69. The minimum absolute atomic E-state index is 0.0256. The molecule has 0 aromatic heterocycles. The fraction of sp³-hybridized carbons (Fsp3) is 0.417. The van der Waals surface area contributed by atoms with Crippen molar-refractivity contribution in [3.63, 3.8) is 0 Å². The van der Waals surface area contributed by atoms with Gasteiger partial charge in [-0.25, -0.2) is 5.06 Å². The van der Waals surface area contributed by atoms with Gasteiger partial charge in [0.15, 0.2) is 0 Å². The Morgan fingerprint density at radius 1 is 1.38 bits per heavy atom. The monoisotopic (exact) mass is 220 g/mol. The number of hydroxylamine groups is 2. The average Bonchev–Trinajstić information content (AvgIpc) is 2.32. The summed E-state index contributed by atoms with van der Waals surface area (Å²) >= 11 is 0. The molecule has 1 aliphatic heterocycles. The van der Waals surface area contributed by atoms with Gasteiger partial charge in [-0.3, -0.25) is 9.63 Å². The van der Waals surface area contributed by atoms with E-state index in [0.717, 1.165) is 12.0 Å². The minimum Gasteiger partial charge on any atom is -0.326 e. The molecule has 2 rings (SSSR count). The number of amides is 1. The van der Waals surface area contributed by atoms with Crippen LogP contribution in [-0.2, 0) is 16.2 Å². The van der Waals surface area contributed by atoms with Gasteiger partial charge < -0.3 is 5.73 Å². The molecular formula is C12H16N2O2. The van der Waals surface area contributed by atoms with Crippen molar-refractivity contribution in [2.45, 2.75) is 25.5 Å². The summed E-state index contributed by atoms with van der Waals surface area (Å²) in [5.74, 6) is 0.0256. The normalized spacial score (nSPS) is 21.2. The van der Waals surface area contributed by atoms with Gasteiger partial charge >= 0.3 is 0 Å². The van der Waals surface area contributed by atoms with Crippen molar-refractivity contribution in [2.24, 2.45) is 5.73 Å². The van der Waals surface area contributed by atoms with Crippen LogP contribution in [-0.4, -0.2) is 23.6 Å². The van der Waals surface area contributed by atoms with Crippen LogP contribution in [0, 0.1) is 0 Å². The highest BCUT2D eigenvalue weighted by molar-refractivity contribution is 5.75. The van der Waals surface area contributed by atoms with E-state index < -0.39 is 0 Å². The predicted octanol–water partition coefficient (Wildman–Crippen LogP) is 1.07. The first-order valence-corrected chi connectivity index (χ1v) is 5.48. The lowest BCUT2D eigenvalue weighted by Crippen LogP contribution is -2.45. The smallest absolute Gasteiger partial charge is 0.246 e. The highest BCUT2D eigenvalue weighted by atomic mass is 16.7. The predicted molar refractivity (Wildman–Crippen MR) is 60.2 cm³/mol. The Hall–Kier alpha value is -1.39. The van der Waals surface area contributed by atoms with Crippen molar-refractivity contribution in [1.29, 1.82) is 0 Å². The molecule has 0 spiro atoms. The number of benzene rings is 1. The standard InChI is InChI=1S/C12H16N2O2/c13-11-6-7-12(15)14(8-11)16-9-10-4-2-1-3-5-10/h1-5,11H,6-9,13H2. The zero-order valence-corrected chi connectivity index (χ0v) is 9.13. The molecule has 86 valence electrons. The van der Waals surface area contributed by atoms with Crippen LogP contribution >= 0.6 is 0 Å². The fourth-order valence-corrected chi connectivity index (χ4v) is 1.69. The molecule has 1 aromatic rings. The summed E-state index contributed by atoms with van der Waals surface area (Å²) in [6.45, 7) is 0.908. The summed E-state index contributed by atoms with van der Waals surface area (Å²) in [7, 11) is 0. The van der Waals surface area contributed by atoms with Crippen LogP contribution in [0.4, 0.5) is 0 Å². The number of hydrogen-bond donors (Lipinski definition) is 1. The van der Waals surface area contributed by atoms with Crippen LogP contribution < -0.4 is 5.73 Å². The lowest BCUT2D eigenvalue weighted by Gasteiger charge is -2.29. The number of nitrogens with two attached hydrogens (primary N) is 1. The maximum atomic E-state index is 11.5. The Balaban J connectivity index is 1.87. The van der Waals surface area contributed by atoms with Gasteiger partial charge in [0.2, 0.25) is 5.91 Å². The van der Waals surface area contributed by atoms with Crippen LogP contribution in [0.15, 0.2) is 30.3 Å². The van der Waals surface area contributed by atoms with Crippen LogP contribution in [0.2, 0.25) is 0 Å². The van der Waals surface area contributed by atoms with Gasteiger partial charge in [-0.15, -0.1) is 0 Å². The molecule has 0 radical (unpaired) electrons. The van der Waals surface area contributed by atoms with Crippen molar-refractivity contribution in [2.75, 3.05) is 6.54 Å². The first-order valence-electron chi connectivity index (χ1n) is 5.48. The molecule has 1 heterocycles. The van der Waals surface area contributed by atoms with Crippen molar-refractivity contribution in [3.05, 3.63) is 35.9 Å². The van der Waals surface area contributed by atoms with Gasteiger partial charge in [-0.1, -0.05) is 30.3 Å². The molecule has 0 aliphatic carbocycles. The van der Waals surface area contributed by atoms with Gasteiger partial charge in [0.1, 0.15) is 6.61 Å². The quantitative estimate of drug-likeness (QED) is 0.829. The van der Waals surface area contributed by atoms with E-state index in [4.69, 9.17) is 10.6 Å². The molecule has 2 N–H and O–H groups in total. The molecule has 1 fully saturated rings. The summed E-state index contributed by atoms with van der Waals surface area (Å²) in [6.07, 6.45) is 1.24. The van der Waals surface area contributed by atoms with Crippen molar-refractivity contribution >= 4 is 5.91 Å². The van der Waals surface area contributed by atoms with Gasteiger partial charge in [0.25, 0.3) is 0 Å². The number of nitrogens with zero attached hydrogens (tertiary/aromatic N) is 1. The Bertz CT molecular complexity index is 353. The summed E-state index contributed by atoms with van der Waals surface area (Å²) in [5.41, 5.74) is 6.83. The first-order chi connectivity index (χ1) is 7.75. The van der Waals surface area contributed by atoms with E-state index in [1.54, 1.807) is 0 Å². The highest BCUT2D eigenvalue weighted by Crippen LogP contribution is 2.12. The van der Waals surface area contributed by atoms with E-state index in [2.05, 4.69) is 0 Å². The lowest BCUT2D eigenvalue weighted by atomic mass is 10.1. The molecule has 1 atom stereocenters. The Morgan fingerprint density at radius 3 is 2.88 bits per heavy atom. The molecule has 4 heteroatoms. The largest absolute Gasteiger partial charge is 0.326 e. The van der Waals surface area contributed by atoms with Crippen molar-refractivity contribution in [3.8, 4) is 0 Å². The third-order valence-corrected chi connectivity index (χ3v) is 2.64. The van der Waals surface area contributed by atoms with E-state index in [1.807, 2.05) is 30.3 Å². The van der Waals surface area contributed by atoms with Crippen LogP contribution in [0.1, 0.15) is 18.4 Å². The topological polar surface area (TPSA) is 55.6 Å².